The predicted octanol–water partition coefficient (Wildman–Crippen LogP) is 2.09. The zero-order chi connectivity index (χ0) is 13.7. The van der Waals surface area contributed by atoms with E-state index in [-0.39, 0.29) is 11.7 Å². The highest BCUT2D eigenvalue weighted by molar-refractivity contribution is 7.09. The van der Waals surface area contributed by atoms with Gasteiger partial charge >= 0.3 is 0 Å². The molecule has 6 heteroatoms. The van der Waals surface area contributed by atoms with Gasteiger partial charge in [-0.15, -0.1) is 11.3 Å². The minimum atomic E-state index is -0.207. The summed E-state index contributed by atoms with van der Waals surface area (Å²) in [6.45, 7) is 3.24. The molecule has 100 valence electrons. The fraction of sp³-hybridized carbons (Fsp3) is 0.231. The van der Waals surface area contributed by atoms with Gasteiger partial charge in [-0.2, -0.15) is 0 Å². The summed E-state index contributed by atoms with van der Waals surface area (Å²) in [5, 5.41) is 7.85. The smallest absolute Gasteiger partial charge is 0.255 e. The minimum Gasteiger partial charge on any atom is -0.383 e. The Kier molecular flexibility index (Phi) is 4.35. The third kappa shape index (κ3) is 3.45. The number of hydrogen-bond acceptors (Lipinski definition) is 5. The number of nitrogen functional groups attached to an aromatic ring is 1. The number of amides is 1. The Labute approximate surface area is 115 Å². The zero-order valence-corrected chi connectivity index (χ0v) is 11.5. The molecule has 0 spiro atoms. The van der Waals surface area contributed by atoms with Gasteiger partial charge in [-0.1, -0.05) is 6.07 Å². The third-order valence-corrected chi connectivity index (χ3v) is 3.41. The van der Waals surface area contributed by atoms with E-state index >= 15 is 0 Å². The van der Waals surface area contributed by atoms with Gasteiger partial charge < -0.3 is 16.4 Å². The number of anilines is 2. The van der Waals surface area contributed by atoms with E-state index in [2.05, 4.69) is 15.6 Å². The van der Waals surface area contributed by atoms with E-state index in [0.29, 0.717) is 17.9 Å². The molecular formula is C13H16N4OS. The first-order valence-corrected chi connectivity index (χ1v) is 6.89. The van der Waals surface area contributed by atoms with Crippen LogP contribution in [0.5, 0.6) is 0 Å². The van der Waals surface area contributed by atoms with Gasteiger partial charge in [0.1, 0.15) is 11.6 Å². The molecule has 0 saturated heterocycles. The molecule has 2 aromatic rings. The SMILES string of the molecule is CCNc1ccc(C(=O)NCc2cccs2)c(N)n1. The maximum Gasteiger partial charge on any atom is 0.255 e. The summed E-state index contributed by atoms with van der Waals surface area (Å²) in [7, 11) is 0. The first-order chi connectivity index (χ1) is 9.20. The molecule has 0 saturated carbocycles. The van der Waals surface area contributed by atoms with Crippen molar-refractivity contribution in [1.29, 1.82) is 0 Å². The monoisotopic (exact) mass is 276 g/mol. The predicted molar refractivity (Wildman–Crippen MR) is 78.3 cm³/mol. The van der Waals surface area contributed by atoms with Crippen molar-refractivity contribution in [3.05, 3.63) is 40.1 Å². The van der Waals surface area contributed by atoms with Crippen LogP contribution < -0.4 is 16.4 Å². The molecular weight excluding hydrogens is 260 g/mol. The molecule has 0 aliphatic rings. The van der Waals surface area contributed by atoms with Crippen LogP contribution in [0.15, 0.2) is 29.6 Å². The van der Waals surface area contributed by atoms with E-state index in [1.165, 1.54) is 0 Å². The Morgan fingerprint density at radius 2 is 2.26 bits per heavy atom. The summed E-state index contributed by atoms with van der Waals surface area (Å²) >= 11 is 1.60. The van der Waals surface area contributed by atoms with Crippen LogP contribution in [0.25, 0.3) is 0 Å². The van der Waals surface area contributed by atoms with Crippen molar-refractivity contribution in [3.63, 3.8) is 0 Å². The van der Waals surface area contributed by atoms with Crippen LogP contribution in [-0.4, -0.2) is 17.4 Å². The maximum atomic E-state index is 12.0. The number of carbonyl (C=O) groups excluding carboxylic acids is 1. The molecule has 0 bridgehead atoms. The summed E-state index contributed by atoms with van der Waals surface area (Å²) in [5.74, 6) is 0.707. The molecule has 0 atom stereocenters. The van der Waals surface area contributed by atoms with Crippen molar-refractivity contribution >= 4 is 28.9 Å². The Morgan fingerprint density at radius 1 is 1.42 bits per heavy atom. The zero-order valence-electron chi connectivity index (χ0n) is 10.6. The molecule has 5 nitrogen and oxygen atoms in total. The highest BCUT2D eigenvalue weighted by atomic mass is 32.1. The van der Waals surface area contributed by atoms with Gasteiger partial charge in [-0.05, 0) is 30.5 Å². The van der Waals surface area contributed by atoms with Crippen LogP contribution in [-0.2, 0) is 6.54 Å². The number of nitrogens with one attached hydrogen (secondary N) is 2. The highest BCUT2D eigenvalue weighted by Gasteiger charge is 2.11. The van der Waals surface area contributed by atoms with Crippen LogP contribution in [0, 0.1) is 0 Å². The molecule has 19 heavy (non-hydrogen) atoms. The van der Waals surface area contributed by atoms with E-state index in [9.17, 15) is 4.79 Å². The molecule has 2 heterocycles. The van der Waals surface area contributed by atoms with Gasteiger partial charge in [0.05, 0.1) is 12.1 Å². The molecule has 2 aromatic heterocycles. The van der Waals surface area contributed by atoms with Gasteiger partial charge in [0.2, 0.25) is 0 Å². The topological polar surface area (TPSA) is 80.0 Å². The van der Waals surface area contributed by atoms with Gasteiger partial charge in [-0.25, -0.2) is 4.98 Å². The fourth-order valence-corrected chi connectivity index (χ4v) is 2.27. The van der Waals surface area contributed by atoms with Gasteiger partial charge in [0, 0.05) is 11.4 Å². The Hall–Kier alpha value is -2.08. The molecule has 1 amide bonds. The molecule has 0 radical (unpaired) electrons. The molecule has 0 fully saturated rings. The second-order valence-corrected chi connectivity index (χ2v) is 4.95. The number of carbonyl (C=O) groups is 1. The van der Waals surface area contributed by atoms with Crippen LogP contribution in [0.4, 0.5) is 11.6 Å². The van der Waals surface area contributed by atoms with Crippen LogP contribution in [0.2, 0.25) is 0 Å². The summed E-state index contributed by atoms with van der Waals surface area (Å²) in [6, 6.07) is 7.36. The summed E-state index contributed by atoms with van der Waals surface area (Å²) in [4.78, 5) is 17.2. The lowest BCUT2D eigenvalue weighted by molar-refractivity contribution is 0.0952. The van der Waals surface area contributed by atoms with Crippen LogP contribution in [0.1, 0.15) is 22.2 Å². The summed E-state index contributed by atoms with van der Waals surface area (Å²) in [6.07, 6.45) is 0. The Bertz CT molecular complexity index is 554. The fourth-order valence-electron chi connectivity index (χ4n) is 1.62. The Morgan fingerprint density at radius 3 is 2.89 bits per heavy atom. The number of aromatic nitrogens is 1. The van der Waals surface area contributed by atoms with Crippen molar-refractivity contribution in [2.45, 2.75) is 13.5 Å². The average molecular weight is 276 g/mol. The third-order valence-electron chi connectivity index (χ3n) is 2.53. The second-order valence-electron chi connectivity index (χ2n) is 3.92. The molecule has 4 N–H and O–H groups in total. The minimum absolute atomic E-state index is 0.207. The number of pyridine rings is 1. The van der Waals surface area contributed by atoms with E-state index in [1.54, 1.807) is 23.5 Å². The second kappa shape index (κ2) is 6.19. The van der Waals surface area contributed by atoms with Crippen molar-refractivity contribution in [3.8, 4) is 0 Å². The van der Waals surface area contributed by atoms with E-state index in [0.717, 1.165) is 11.4 Å². The number of thiophene rings is 1. The average Bonchev–Trinajstić information content (AvgIpc) is 2.89. The first-order valence-electron chi connectivity index (χ1n) is 6.01. The molecule has 2 rings (SSSR count). The lowest BCUT2D eigenvalue weighted by atomic mass is 10.2. The lowest BCUT2D eigenvalue weighted by Crippen LogP contribution is -2.23. The summed E-state index contributed by atoms with van der Waals surface area (Å²) in [5.41, 5.74) is 6.19. The quantitative estimate of drug-likeness (QED) is 0.781. The summed E-state index contributed by atoms with van der Waals surface area (Å²) < 4.78 is 0. The van der Waals surface area contributed by atoms with E-state index in [1.807, 2.05) is 24.4 Å². The standard InChI is InChI=1S/C13H16N4OS/c1-2-15-11-6-5-10(12(14)17-11)13(18)16-8-9-4-3-7-19-9/h3-7H,2,8H2,1H3,(H,16,18)(H3,14,15,17). The van der Waals surface area contributed by atoms with Crippen molar-refractivity contribution < 1.29 is 4.79 Å². The molecule has 0 aliphatic carbocycles. The normalized spacial score (nSPS) is 10.2. The van der Waals surface area contributed by atoms with Crippen molar-refractivity contribution in [2.75, 3.05) is 17.6 Å². The highest BCUT2D eigenvalue weighted by Crippen LogP contribution is 2.14. The number of rotatable bonds is 5. The number of hydrogen-bond donors (Lipinski definition) is 3. The van der Waals surface area contributed by atoms with Gasteiger partial charge in [-0.3, -0.25) is 4.79 Å². The van der Waals surface area contributed by atoms with Crippen LogP contribution in [0.3, 0.4) is 0 Å². The van der Waals surface area contributed by atoms with Crippen molar-refractivity contribution in [2.24, 2.45) is 0 Å². The maximum absolute atomic E-state index is 12.0. The largest absolute Gasteiger partial charge is 0.383 e. The number of nitrogens with zero attached hydrogens (tertiary/aromatic N) is 1. The van der Waals surface area contributed by atoms with Crippen molar-refractivity contribution in [1.82, 2.24) is 10.3 Å². The van der Waals surface area contributed by atoms with E-state index < -0.39 is 0 Å². The van der Waals surface area contributed by atoms with Crippen LogP contribution >= 0.6 is 11.3 Å². The van der Waals surface area contributed by atoms with E-state index in [4.69, 9.17) is 5.73 Å². The molecule has 0 unspecified atom stereocenters. The molecule has 0 aliphatic heterocycles. The first kappa shape index (κ1) is 13.4. The van der Waals surface area contributed by atoms with Gasteiger partial charge in [0.15, 0.2) is 0 Å². The number of nitrogens with two attached hydrogens (primary N) is 1. The lowest BCUT2D eigenvalue weighted by Gasteiger charge is -2.08. The Balaban J connectivity index is 2.02. The van der Waals surface area contributed by atoms with Gasteiger partial charge in [0.25, 0.3) is 5.91 Å². The molecule has 0 aromatic carbocycles.